The van der Waals surface area contributed by atoms with Crippen LogP contribution in [-0.2, 0) is 0 Å². The van der Waals surface area contributed by atoms with Crippen molar-refractivity contribution in [3.05, 3.63) is 29.3 Å². The highest BCUT2D eigenvalue weighted by Crippen LogP contribution is 2.13. The average Bonchev–Trinajstić information content (AvgIpc) is 2.15. The fourth-order valence-electron chi connectivity index (χ4n) is 1.04. The van der Waals surface area contributed by atoms with Crippen molar-refractivity contribution in [3.8, 4) is 11.8 Å². The van der Waals surface area contributed by atoms with Gasteiger partial charge in [0.25, 0.3) is 0 Å². The highest BCUT2D eigenvalue weighted by Gasteiger charge is 2.01. The summed E-state index contributed by atoms with van der Waals surface area (Å²) in [5.41, 5.74) is 12.8. The van der Waals surface area contributed by atoms with Crippen LogP contribution in [0.4, 0.5) is 5.69 Å². The monoisotopic (exact) mass is 188 g/mol. The Morgan fingerprint density at radius 3 is 2.71 bits per heavy atom. The molecule has 4 N–H and O–H groups in total. The van der Waals surface area contributed by atoms with Crippen LogP contribution in [-0.4, -0.2) is 12.3 Å². The Labute approximate surface area is 83.1 Å². The van der Waals surface area contributed by atoms with E-state index in [-0.39, 0.29) is 5.78 Å². The van der Waals surface area contributed by atoms with E-state index < -0.39 is 0 Å². The van der Waals surface area contributed by atoms with Crippen LogP contribution in [0.5, 0.6) is 0 Å². The second kappa shape index (κ2) is 4.45. The predicted molar refractivity (Wildman–Crippen MR) is 56.8 cm³/mol. The van der Waals surface area contributed by atoms with Crippen LogP contribution in [0.25, 0.3) is 0 Å². The van der Waals surface area contributed by atoms with E-state index >= 15 is 0 Å². The molecule has 0 radical (unpaired) electrons. The van der Waals surface area contributed by atoms with Crippen molar-refractivity contribution in [2.24, 2.45) is 5.73 Å². The molecule has 14 heavy (non-hydrogen) atoms. The van der Waals surface area contributed by atoms with E-state index in [1.54, 1.807) is 18.2 Å². The number of ketones is 1. The number of carbonyl (C=O) groups is 1. The van der Waals surface area contributed by atoms with Crippen LogP contribution in [0.15, 0.2) is 18.2 Å². The standard InChI is InChI=1S/C11H12N2O/c1-8(14)10-5-4-9(3-2-6-12)11(13)7-10/h4-5,7H,6,12-13H2,1H3. The molecule has 3 nitrogen and oxygen atoms in total. The first-order valence-corrected chi connectivity index (χ1v) is 4.24. The van der Waals surface area contributed by atoms with Crippen LogP contribution < -0.4 is 11.5 Å². The van der Waals surface area contributed by atoms with Gasteiger partial charge in [0.05, 0.1) is 6.54 Å². The van der Waals surface area contributed by atoms with E-state index in [1.165, 1.54) is 6.92 Å². The molecule has 0 aromatic heterocycles. The maximum absolute atomic E-state index is 11.0. The number of Topliss-reactive ketones (excluding diaryl/α,β-unsaturated/α-hetero) is 1. The minimum atomic E-state index is -0.00460. The first-order valence-electron chi connectivity index (χ1n) is 4.24. The Hall–Kier alpha value is -1.79. The number of rotatable bonds is 1. The number of carbonyl (C=O) groups excluding carboxylic acids is 1. The number of nitrogens with two attached hydrogens (primary N) is 2. The topological polar surface area (TPSA) is 69.1 Å². The van der Waals surface area contributed by atoms with Gasteiger partial charge in [0, 0.05) is 16.8 Å². The Balaban J connectivity index is 3.07. The van der Waals surface area contributed by atoms with E-state index in [4.69, 9.17) is 11.5 Å². The van der Waals surface area contributed by atoms with Gasteiger partial charge in [0.2, 0.25) is 0 Å². The normalized spacial score (nSPS) is 9.00. The molecule has 0 spiro atoms. The summed E-state index contributed by atoms with van der Waals surface area (Å²) >= 11 is 0. The Kier molecular flexibility index (Phi) is 3.27. The number of nitrogen functional groups attached to an aromatic ring is 1. The van der Waals surface area contributed by atoms with Crippen LogP contribution in [0, 0.1) is 11.8 Å². The maximum atomic E-state index is 11.0. The smallest absolute Gasteiger partial charge is 0.159 e. The van der Waals surface area contributed by atoms with Gasteiger partial charge in [-0.3, -0.25) is 4.79 Å². The lowest BCUT2D eigenvalue weighted by atomic mass is 10.1. The molecule has 0 saturated carbocycles. The molecule has 0 aliphatic rings. The fourth-order valence-corrected chi connectivity index (χ4v) is 1.04. The SMILES string of the molecule is CC(=O)c1ccc(C#CCN)c(N)c1. The van der Waals surface area contributed by atoms with Crippen LogP contribution in [0.2, 0.25) is 0 Å². The molecule has 1 aromatic rings. The van der Waals surface area contributed by atoms with Gasteiger partial charge in [-0.25, -0.2) is 0 Å². The van der Waals surface area contributed by atoms with Gasteiger partial charge in [-0.05, 0) is 19.1 Å². The van der Waals surface area contributed by atoms with Gasteiger partial charge in [-0.2, -0.15) is 0 Å². The second-order valence-corrected chi connectivity index (χ2v) is 2.86. The average molecular weight is 188 g/mol. The summed E-state index contributed by atoms with van der Waals surface area (Å²) in [6.45, 7) is 1.80. The van der Waals surface area contributed by atoms with Crippen molar-refractivity contribution >= 4 is 11.5 Å². The predicted octanol–water partition coefficient (Wildman–Crippen LogP) is 0.782. The summed E-state index contributed by atoms with van der Waals surface area (Å²) in [4.78, 5) is 11.0. The van der Waals surface area contributed by atoms with Gasteiger partial charge < -0.3 is 11.5 Å². The number of hydrogen-bond donors (Lipinski definition) is 2. The molecule has 0 atom stereocenters. The van der Waals surface area contributed by atoms with Gasteiger partial charge >= 0.3 is 0 Å². The number of anilines is 1. The summed E-state index contributed by atoms with van der Waals surface area (Å²) in [5, 5.41) is 0. The zero-order valence-corrected chi connectivity index (χ0v) is 8.00. The zero-order valence-electron chi connectivity index (χ0n) is 8.00. The molecule has 3 heteroatoms. The van der Waals surface area contributed by atoms with E-state index in [1.807, 2.05) is 0 Å². The largest absolute Gasteiger partial charge is 0.398 e. The van der Waals surface area contributed by atoms with Gasteiger partial charge in [-0.1, -0.05) is 17.9 Å². The van der Waals surface area contributed by atoms with Crippen molar-refractivity contribution < 1.29 is 4.79 Å². The minimum absolute atomic E-state index is 0.00460. The van der Waals surface area contributed by atoms with E-state index in [0.29, 0.717) is 23.4 Å². The third-order valence-electron chi connectivity index (χ3n) is 1.78. The molecule has 72 valence electrons. The lowest BCUT2D eigenvalue weighted by Crippen LogP contribution is -1.98. The summed E-state index contributed by atoms with van der Waals surface area (Å²) < 4.78 is 0. The van der Waals surface area contributed by atoms with E-state index in [2.05, 4.69) is 11.8 Å². The molecule has 0 heterocycles. The fraction of sp³-hybridized carbons (Fsp3) is 0.182. The molecule has 1 rings (SSSR count). The zero-order chi connectivity index (χ0) is 10.6. The van der Waals surface area contributed by atoms with Crippen LogP contribution >= 0.6 is 0 Å². The van der Waals surface area contributed by atoms with Crippen molar-refractivity contribution in [1.82, 2.24) is 0 Å². The van der Waals surface area contributed by atoms with Crippen molar-refractivity contribution in [2.45, 2.75) is 6.92 Å². The molecule has 0 aliphatic carbocycles. The second-order valence-electron chi connectivity index (χ2n) is 2.86. The van der Waals surface area contributed by atoms with Crippen molar-refractivity contribution in [2.75, 3.05) is 12.3 Å². The Morgan fingerprint density at radius 2 is 2.21 bits per heavy atom. The summed E-state index contributed by atoms with van der Waals surface area (Å²) in [7, 11) is 0. The molecular weight excluding hydrogens is 176 g/mol. The third-order valence-corrected chi connectivity index (χ3v) is 1.78. The molecule has 0 aliphatic heterocycles. The highest BCUT2D eigenvalue weighted by atomic mass is 16.1. The molecule has 0 unspecified atom stereocenters. The first kappa shape index (κ1) is 10.3. The highest BCUT2D eigenvalue weighted by molar-refractivity contribution is 5.95. The summed E-state index contributed by atoms with van der Waals surface area (Å²) in [6, 6.07) is 5.07. The molecule has 0 saturated heterocycles. The third kappa shape index (κ3) is 2.35. The van der Waals surface area contributed by atoms with Crippen LogP contribution in [0.3, 0.4) is 0 Å². The van der Waals surface area contributed by atoms with Gasteiger partial charge in [-0.15, -0.1) is 0 Å². The van der Waals surface area contributed by atoms with Crippen molar-refractivity contribution in [3.63, 3.8) is 0 Å². The Morgan fingerprint density at radius 1 is 1.50 bits per heavy atom. The van der Waals surface area contributed by atoms with Gasteiger partial charge in [0.1, 0.15) is 0 Å². The molecule has 0 amide bonds. The van der Waals surface area contributed by atoms with E-state index in [0.717, 1.165) is 0 Å². The Bertz CT molecular complexity index is 413. The maximum Gasteiger partial charge on any atom is 0.159 e. The van der Waals surface area contributed by atoms with Crippen molar-refractivity contribution in [1.29, 1.82) is 0 Å². The summed E-state index contributed by atoms with van der Waals surface area (Å²) in [5.74, 6) is 5.53. The lowest BCUT2D eigenvalue weighted by molar-refractivity contribution is 0.101. The first-order chi connectivity index (χ1) is 6.65. The summed E-state index contributed by atoms with van der Waals surface area (Å²) in [6.07, 6.45) is 0. The van der Waals surface area contributed by atoms with Crippen LogP contribution in [0.1, 0.15) is 22.8 Å². The van der Waals surface area contributed by atoms with E-state index in [9.17, 15) is 4.79 Å². The number of hydrogen-bond acceptors (Lipinski definition) is 3. The molecular formula is C11H12N2O. The molecule has 0 fully saturated rings. The molecule has 0 bridgehead atoms. The lowest BCUT2D eigenvalue weighted by Gasteiger charge is -2.00. The quantitative estimate of drug-likeness (QED) is 0.389. The van der Waals surface area contributed by atoms with Gasteiger partial charge in [0.15, 0.2) is 5.78 Å². The minimum Gasteiger partial charge on any atom is -0.398 e. The number of benzene rings is 1. The molecule has 1 aromatic carbocycles.